The molecule has 1 N–H and O–H groups in total. The zero-order valence-electron chi connectivity index (χ0n) is 13.0. The van der Waals surface area contributed by atoms with Crippen LogP contribution in [0.25, 0.3) is 10.6 Å². The summed E-state index contributed by atoms with van der Waals surface area (Å²) in [5.41, 5.74) is 2.63. The SMILES string of the molecule is CC(C)(C)NCC1CCCc2sc(-c3cccnc3)nc21. The molecule has 0 saturated heterocycles. The van der Waals surface area contributed by atoms with Crippen molar-refractivity contribution in [1.29, 1.82) is 0 Å². The number of fused-ring (bicyclic) bond motifs is 1. The van der Waals surface area contributed by atoms with E-state index in [0.29, 0.717) is 5.92 Å². The Morgan fingerprint density at radius 3 is 2.95 bits per heavy atom. The van der Waals surface area contributed by atoms with Crippen LogP contribution in [0.3, 0.4) is 0 Å². The molecule has 3 rings (SSSR count). The molecule has 4 heteroatoms. The summed E-state index contributed by atoms with van der Waals surface area (Å²) in [5.74, 6) is 0.551. The molecule has 112 valence electrons. The van der Waals surface area contributed by atoms with Crippen LogP contribution in [0.1, 0.15) is 50.1 Å². The van der Waals surface area contributed by atoms with Gasteiger partial charge >= 0.3 is 0 Å². The fourth-order valence-electron chi connectivity index (χ4n) is 2.75. The molecule has 2 heterocycles. The Bertz CT molecular complexity index is 598. The number of aryl methyl sites for hydroxylation is 1. The van der Waals surface area contributed by atoms with Crippen LogP contribution < -0.4 is 5.32 Å². The molecule has 0 fully saturated rings. The average Bonchev–Trinajstić information content (AvgIpc) is 2.89. The zero-order valence-corrected chi connectivity index (χ0v) is 13.8. The van der Waals surface area contributed by atoms with Gasteiger partial charge in [-0.05, 0) is 52.2 Å². The second kappa shape index (κ2) is 5.85. The summed E-state index contributed by atoms with van der Waals surface area (Å²) in [6.45, 7) is 7.68. The van der Waals surface area contributed by atoms with Crippen LogP contribution in [0.2, 0.25) is 0 Å². The summed E-state index contributed by atoms with van der Waals surface area (Å²) in [6.07, 6.45) is 7.42. The van der Waals surface area contributed by atoms with Gasteiger partial charge in [0.15, 0.2) is 0 Å². The Balaban J connectivity index is 1.83. The first-order chi connectivity index (χ1) is 10.0. The highest BCUT2D eigenvalue weighted by Gasteiger charge is 2.26. The summed E-state index contributed by atoms with van der Waals surface area (Å²) in [7, 11) is 0. The first-order valence-corrected chi connectivity index (χ1v) is 8.49. The number of pyridine rings is 1. The molecule has 2 aromatic rings. The highest BCUT2D eigenvalue weighted by molar-refractivity contribution is 7.15. The molecule has 1 unspecified atom stereocenters. The van der Waals surface area contributed by atoms with Crippen molar-refractivity contribution in [3.05, 3.63) is 35.1 Å². The molecule has 1 aliphatic carbocycles. The summed E-state index contributed by atoms with van der Waals surface area (Å²) in [6, 6.07) is 4.08. The van der Waals surface area contributed by atoms with Gasteiger partial charge < -0.3 is 5.32 Å². The van der Waals surface area contributed by atoms with Crippen molar-refractivity contribution >= 4 is 11.3 Å². The lowest BCUT2D eigenvalue weighted by molar-refractivity contribution is 0.388. The van der Waals surface area contributed by atoms with E-state index in [9.17, 15) is 0 Å². The number of nitrogens with one attached hydrogen (secondary N) is 1. The highest BCUT2D eigenvalue weighted by Crippen LogP contribution is 2.37. The van der Waals surface area contributed by atoms with Gasteiger partial charge in [0.05, 0.1) is 5.69 Å². The van der Waals surface area contributed by atoms with Crippen molar-refractivity contribution in [3.63, 3.8) is 0 Å². The molecule has 0 radical (unpaired) electrons. The minimum absolute atomic E-state index is 0.166. The van der Waals surface area contributed by atoms with Gasteiger partial charge in [-0.25, -0.2) is 4.98 Å². The molecule has 0 saturated carbocycles. The largest absolute Gasteiger partial charge is 0.311 e. The van der Waals surface area contributed by atoms with E-state index in [2.05, 4.69) is 37.1 Å². The average molecular weight is 301 g/mol. The molecular weight excluding hydrogens is 278 g/mol. The maximum absolute atomic E-state index is 4.94. The van der Waals surface area contributed by atoms with E-state index in [-0.39, 0.29) is 5.54 Å². The van der Waals surface area contributed by atoms with Gasteiger partial charge in [-0.2, -0.15) is 0 Å². The predicted octanol–water partition coefficient (Wildman–Crippen LogP) is 4.01. The summed E-state index contributed by atoms with van der Waals surface area (Å²) < 4.78 is 0. The van der Waals surface area contributed by atoms with E-state index >= 15 is 0 Å². The van der Waals surface area contributed by atoms with Gasteiger partial charge in [-0.15, -0.1) is 11.3 Å². The normalized spacial score (nSPS) is 18.5. The van der Waals surface area contributed by atoms with Gasteiger partial charge in [-0.3, -0.25) is 4.98 Å². The van der Waals surface area contributed by atoms with Gasteiger partial charge in [0.25, 0.3) is 0 Å². The molecule has 0 aromatic carbocycles. The Hall–Kier alpha value is -1.26. The lowest BCUT2D eigenvalue weighted by Crippen LogP contribution is -2.39. The Labute approximate surface area is 130 Å². The first-order valence-electron chi connectivity index (χ1n) is 7.68. The number of rotatable bonds is 3. The maximum Gasteiger partial charge on any atom is 0.125 e. The van der Waals surface area contributed by atoms with Crippen LogP contribution >= 0.6 is 11.3 Å². The fraction of sp³-hybridized carbons (Fsp3) is 0.529. The molecule has 0 aliphatic heterocycles. The van der Waals surface area contributed by atoms with Crippen molar-refractivity contribution in [2.75, 3.05) is 6.54 Å². The molecular formula is C17H23N3S. The number of hydrogen-bond acceptors (Lipinski definition) is 4. The van der Waals surface area contributed by atoms with Crippen molar-refractivity contribution in [2.24, 2.45) is 0 Å². The van der Waals surface area contributed by atoms with Crippen molar-refractivity contribution in [3.8, 4) is 10.6 Å². The minimum Gasteiger partial charge on any atom is -0.311 e. The number of aromatic nitrogens is 2. The molecule has 1 atom stereocenters. The fourth-order valence-corrected chi connectivity index (χ4v) is 3.93. The Morgan fingerprint density at radius 2 is 2.24 bits per heavy atom. The van der Waals surface area contributed by atoms with E-state index < -0.39 is 0 Å². The third kappa shape index (κ3) is 3.50. The first kappa shape index (κ1) is 14.7. The lowest BCUT2D eigenvalue weighted by Gasteiger charge is -2.27. The van der Waals surface area contributed by atoms with Crippen LogP contribution in [-0.2, 0) is 6.42 Å². The van der Waals surface area contributed by atoms with Crippen molar-refractivity contribution < 1.29 is 0 Å². The molecule has 0 spiro atoms. The van der Waals surface area contributed by atoms with Gasteiger partial charge in [-0.1, -0.05) is 0 Å². The van der Waals surface area contributed by atoms with Gasteiger partial charge in [0, 0.05) is 40.8 Å². The van der Waals surface area contributed by atoms with Crippen LogP contribution in [0, 0.1) is 0 Å². The smallest absolute Gasteiger partial charge is 0.125 e. The van der Waals surface area contributed by atoms with E-state index in [0.717, 1.165) is 17.1 Å². The quantitative estimate of drug-likeness (QED) is 0.930. The van der Waals surface area contributed by atoms with E-state index in [1.165, 1.54) is 29.8 Å². The Kier molecular flexibility index (Phi) is 4.09. The zero-order chi connectivity index (χ0) is 14.9. The van der Waals surface area contributed by atoms with Crippen molar-refractivity contribution in [2.45, 2.75) is 51.5 Å². The molecule has 21 heavy (non-hydrogen) atoms. The number of nitrogens with zero attached hydrogens (tertiary/aromatic N) is 2. The number of hydrogen-bond donors (Lipinski definition) is 1. The molecule has 1 aliphatic rings. The maximum atomic E-state index is 4.94. The van der Waals surface area contributed by atoms with Crippen LogP contribution in [0.4, 0.5) is 0 Å². The second-order valence-corrected chi connectivity index (χ2v) is 7.87. The van der Waals surface area contributed by atoms with Crippen LogP contribution in [0.15, 0.2) is 24.5 Å². The molecule has 2 aromatic heterocycles. The molecule has 3 nitrogen and oxygen atoms in total. The van der Waals surface area contributed by atoms with Gasteiger partial charge in [0.2, 0.25) is 0 Å². The van der Waals surface area contributed by atoms with Gasteiger partial charge in [0.1, 0.15) is 5.01 Å². The molecule has 0 bridgehead atoms. The minimum atomic E-state index is 0.166. The summed E-state index contributed by atoms with van der Waals surface area (Å²) in [4.78, 5) is 10.6. The van der Waals surface area contributed by atoms with Crippen molar-refractivity contribution in [1.82, 2.24) is 15.3 Å². The monoisotopic (exact) mass is 301 g/mol. The second-order valence-electron chi connectivity index (χ2n) is 6.79. The third-order valence-electron chi connectivity index (χ3n) is 3.86. The highest BCUT2D eigenvalue weighted by atomic mass is 32.1. The van der Waals surface area contributed by atoms with E-state index in [4.69, 9.17) is 4.98 Å². The predicted molar refractivity (Wildman–Crippen MR) is 88.8 cm³/mol. The Morgan fingerprint density at radius 1 is 1.38 bits per heavy atom. The van der Waals surface area contributed by atoms with E-state index in [1.807, 2.05) is 29.8 Å². The standard InChI is InChI=1S/C17H23N3S/c1-17(2,3)19-11-12-6-4-8-14-15(12)20-16(21-14)13-7-5-9-18-10-13/h5,7,9-10,12,19H,4,6,8,11H2,1-3H3. The molecule has 0 amide bonds. The summed E-state index contributed by atoms with van der Waals surface area (Å²) in [5, 5.41) is 4.75. The van der Waals surface area contributed by atoms with E-state index in [1.54, 1.807) is 0 Å². The number of thiazole rings is 1. The topological polar surface area (TPSA) is 37.8 Å². The third-order valence-corrected chi connectivity index (χ3v) is 5.04. The van der Waals surface area contributed by atoms with Crippen LogP contribution in [-0.4, -0.2) is 22.1 Å². The summed E-state index contributed by atoms with van der Waals surface area (Å²) >= 11 is 1.85. The van der Waals surface area contributed by atoms with Crippen LogP contribution in [0.5, 0.6) is 0 Å². The lowest BCUT2D eigenvalue weighted by atomic mass is 9.90.